The minimum Gasteiger partial charge on any atom is -0.394 e. The van der Waals surface area contributed by atoms with E-state index >= 15 is 0 Å². The second kappa shape index (κ2) is 9.96. The van der Waals surface area contributed by atoms with E-state index in [1.54, 1.807) is 0 Å². The molecule has 1 unspecified atom stereocenters. The van der Waals surface area contributed by atoms with Crippen LogP contribution >= 0.6 is 0 Å². The number of aryl methyl sites for hydroxylation is 1. The molecule has 0 radical (unpaired) electrons. The van der Waals surface area contributed by atoms with Crippen LogP contribution in [0.15, 0.2) is 24.3 Å². The summed E-state index contributed by atoms with van der Waals surface area (Å²) >= 11 is 0. The largest absolute Gasteiger partial charge is 0.394 e. The van der Waals surface area contributed by atoms with Crippen molar-refractivity contribution >= 4 is 0 Å². The first-order valence-corrected chi connectivity index (χ1v) is 10.1. The molecule has 0 amide bonds. The molecule has 2 fully saturated rings. The van der Waals surface area contributed by atoms with Crippen LogP contribution in [0.3, 0.4) is 0 Å². The van der Waals surface area contributed by atoms with Gasteiger partial charge in [-0.05, 0) is 6.92 Å². The van der Waals surface area contributed by atoms with E-state index in [0.717, 1.165) is 16.0 Å². The first-order chi connectivity index (χ1) is 14.3. The van der Waals surface area contributed by atoms with E-state index in [2.05, 4.69) is 0 Å². The van der Waals surface area contributed by atoms with Crippen molar-refractivity contribution in [2.24, 2.45) is 0 Å². The fourth-order valence-corrected chi connectivity index (χ4v) is 4.14. The monoisotopic (exact) mass is 430 g/mol. The Bertz CT molecular complexity index is 673. The third-order valence-corrected chi connectivity index (χ3v) is 6.01. The van der Waals surface area contributed by atoms with Gasteiger partial charge in [0, 0.05) is 5.56 Å². The standard InChI is InChI=1S/C20H31NO9/c1-10-2-4-11(5-3-10)6-21-7-13(24)15(25)19(12(21)8-22)30-20-18(28)17(27)16(26)14(9-23)29-20/h2-5,12-20,22-28H,6-9H2,1H3/p+1/t12-,13+,14-,15-,16-,17+,18-,19-,20-/m1/s1. The van der Waals surface area contributed by atoms with Gasteiger partial charge in [-0.1, -0.05) is 29.8 Å². The van der Waals surface area contributed by atoms with E-state index < -0.39 is 61.7 Å². The summed E-state index contributed by atoms with van der Waals surface area (Å²) in [6.45, 7) is 1.62. The number of aliphatic hydroxyl groups excluding tert-OH is 7. The summed E-state index contributed by atoms with van der Waals surface area (Å²) in [5.41, 5.74) is 2.08. The van der Waals surface area contributed by atoms with E-state index in [9.17, 15) is 35.7 Å². The highest BCUT2D eigenvalue weighted by molar-refractivity contribution is 5.20. The lowest BCUT2D eigenvalue weighted by atomic mass is 9.92. The molecule has 8 N–H and O–H groups in total. The smallest absolute Gasteiger partial charge is 0.187 e. The average Bonchev–Trinajstić information content (AvgIpc) is 2.73. The van der Waals surface area contributed by atoms with Crippen molar-refractivity contribution in [1.29, 1.82) is 0 Å². The Morgan fingerprint density at radius 2 is 1.60 bits per heavy atom. The van der Waals surface area contributed by atoms with Gasteiger partial charge >= 0.3 is 0 Å². The van der Waals surface area contributed by atoms with Crippen molar-refractivity contribution in [1.82, 2.24) is 0 Å². The molecule has 0 aliphatic carbocycles. The van der Waals surface area contributed by atoms with Crippen molar-refractivity contribution < 1.29 is 50.1 Å². The zero-order valence-corrected chi connectivity index (χ0v) is 16.8. The lowest BCUT2D eigenvalue weighted by molar-refractivity contribution is -0.953. The van der Waals surface area contributed by atoms with Crippen LogP contribution in [-0.4, -0.2) is 111 Å². The molecule has 30 heavy (non-hydrogen) atoms. The van der Waals surface area contributed by atoms with Crippen molar-refractivity contribution in [3.05, 3.63) is 35.4 Å². The molecule has 2 heterocycles. The van der Waals surface area contributed by atoms with Gasteiger partial charge in [0.1, 0.15) is 61.9 Å². The number of hydrogen-bond acceptors (Lipinski definition) is 9. The zero-order chi connectivity index (χ0) is 22.0. The number of quaternary nitrogens is 1. The van der Waals surface area contributed by atoms with Crippen LogP contribution in [0.25, 0.3) is 0 Å². The summed E-state index contributed by atoms with van der Waals surface area (Å²) in [7, 11) is 0. The van der Waals surface area contributed by atoms with E-state index in [1.807, 2.05) is 31.2 Å². The summed E-state index contributed by atoms with van der Waals surface area (Å²) in [5.74, 6) is 0. The average molecular weight is 430 g/mol. The number of aliphatic hydroxyl groups is 7. The fourth-order valence-electron chi connectivity index (χ4n) is 4.14. The topological polar surface area (TPSA) is 165 Å². The molecule has 170 valence electrons. The molecule has 10 heteroatoms. The highest BCUT2D eigenvalue weighted by atomic mass is 16.7. The van der Waals surface area contributed by atoms with Crippen LogP contribution in [-0.2, 0) is 16.0 Å². The van der Waals surface area contributed by atoms with Gasteiger partial charge in [-0.2, -0.15) is 0 Å². The molecule has 3 rings (SSSR count). The van der Waals surface area contributed by atoms with Crippen LogP contribution in [0.2, 0.25) is 0 Å². The van der Waals surface area contributed by atoms with E-state index in [4.69, 9.17) is 9.47 Å². The number of nitrogens with one attached hydrogen (secondary N) is 1. The number of benzene rings is 1. The SMILES string of the molecule is Cc1ccc(C[NH+]2C[C@H](O)[C@@H](O)[C@H](O[C@H]3O[C@H](CO)[C@@H](O)[C@H](O)[C@H]3O)[C@H]2CO)cc1. The van der Waals surface area contributed by atoms with Gasteiger partial charge < -0.3 is 50.1 Å². The Labute approximate surface area is 174 Å². The Kier molecular flexibility index (Phi) is 7.80. The highest BCUT2D eigenvalue weighted by Gasteiger charge is 2.51. The number of piperidine rings is 1. The maximum absolute atomic E-state index is 10.5. The Morgan fingerprint density at radius 1 is 0.933 bits per heavy atom. The van der Waals surface area contributed by atoms with Gasteiger partial charge in [0.05, 0.1) is 13.2 Å². The second-order valence-corrected chi connectivity index (χ2v) is 8.17. The number of likely N-dealkylation sites (tertiary alicyclic amines) is 1. The molecule has 1 aromatic rings. The first-order valence-electron chi connectivity index (χ1n) is 10.1. The lowest BCUT2D eigenvalue weighted by Crippen LogP contribution is -3.19. The number of rotatable bonds is 6. The molecule has 2 aliphatic rings. The van der Waals surface area contributed by atoms with Crippen LogP contribution in [0.1, 0.15) is 11.1 Å². The van der Waals surface area contributed by atoms with Gasteiger partial charge in [0.2, 0.25) is 0 Å². The van der Waals surface area contributed by atoms with Gasteiger partial charge in [-0.3, -0.25) is 0 Å². The van der Waals surface area contributed by atoms with Crippen molar-refractivity contribution in [3.8, 4) is 0 Å². The summed E-state index contributed by atoms with van der Waals surface area (Å²) in [6, 6.07) is 7.15. The summed E-state index contributed by atoms with van der Waals surface area (Å²) in [4.78, 5) is 0.772. The van der Waals surface area contributed by atoms with E-state index in [0.29, 0.717) is 6.54 Å². The number of hydrogen-bond donors (Lipinski definition) is 8. The summed E-state index contributed by atoms with van der Waals surface area (Å²) < 4.78 is 11.1. The maximum Gasteiger partial charge on any atom is 0.187 e. The maximum atomic E-state index is 10.5. The minimum atomic E-state index is -1.64. The molecule has 0 aromatic heterocycles. The summed E-state index contributed by atoms with van der Waals surface area (Å²) in [5, 5.41) is 70.4. The zero-order valence-electron chi connectivity index (χ0n) is 16.8. The van der Waals surface area contributed by atoms with E-state index in [-0.39, 0.29) is 13.2 Å². The van der Waals surface area contributed by atoms with Crippen molar-refractivity contribution in [2.45, 2.75) is 68.5 Å². The normalized spacial score (nSPS) is 42.3. The van der Waals surface area contributed by atoms with Gasteiger partial charge in [-0.15, -0.1) is 0 Å². The molecule has 10 atom stereocenters. The van der Waals surface area contributed by atoms with Crippen molar-refractivity contribution in [3.63, 3.8) is 0 Å². The molecule has 10 nitrogen and oxygen atoms in total. The Hall–Kier alpha value is -1.18. The van der Waals surface area contributed by atoms with E-state index in [1.165, 1.54) is 0 Å². The quantitative estimate of drug-likeness (QED) is 0.223. The van der Waals surface area contributed by atoms with Gasteiger partial charge in [-0.25, -0.2) is 0 Å². The third kappa shape index (κ3) is 4.83. The van der Waals surface area contributed by atoms with Crippen LogP contribution in [0.5, 0.6) is 0 Å². The molecular formula is C20H32NO9+. The summed E-state index contributed by atoms with van der Waals surface area (Å²) in [6.07, 6.45) is -11.1. The predicted molar refractivity (Wildman–Crippen MR) is 102 cm³/mol. The third-order valence-electron chi connectivity index (χ3n) is 6.01. The van der Waals surface area contributed by atoms with Gasteiger partial charge in [0.15, 0.2) is 6.29 Å². The molecule has 2 saturated heterocycles. The fraction of sp³-hybridized carbons (Fsp3) is 0.700. The minimum absolute atomic E-state index is 0.175. The van der Waals surface area contributed by atoms with Crippen LogP contribution in [0.4, 0.5) is 0 Å². The van der Waals surface area contributed by atoms with Gasteiger partial charge in [0.25, 0.3) is 0 Å². The Morgan fingerprint density at radius 3 is 2.20 bits per heavy atom. The molecule has 0 spiro atoms. The molecule has 2 aliphatic heterocycles. The van der Waals surface area contributed by atoms with Crippen LogP contribution < -0.4 is 4.90 Å². The second-order valence-electron chi connectivity index (χ2n) is 8.17. The molecule has 0 saturated carbocycles. The molecule has 0 bridgehead atoms. The lowest BCUT2D eigenvalue weighted by Gasteiger charge is -2.46. The number of ether oxygens (including phenoxy) is 2. The Balaban J connectivity index is 1.78. The van der Waals surface area contributed by atoms with Crippen LogP contribution in [0, 0.1) is 6.92 Å². The highest BCUT2D eigenvalue weighted by Crippen LogP contribution is 2.25. The molecular weight excluding hydrogens is 398 g/mol. The predicted octanol–water partition coefficient (Wildman–Crippen LogP) is -4.34. The molecule has 1 aromatic carbocycles. The van der Waals surface area contributed by atoms with Crippen molar-refractivity contribution in [2.75, 3.05) is 19.8 Å². The first kappa shape index (κ1) is 23.5.